The van der Waals surface area contributed by atoms with Crippen molar-refractivity contribution < 1.29 is 14.1 Å². The fraction of sp³-hybridized carbons (Fsp3) is 0.556. The Labute approximate surface area is 152 Å². The zero-order valence-corrected chi connectivity index (χ0v) is 15.2. The number of likely N-dealkylation sites (tertiary alicyclic amines) is 1. The summed E-state index contributed by atoms with van der Waals surface area (Å²) in [5, 5.41) is 6.73. The number of amides is 2. The van der Waals surface area contributed by atoms with Crippen molar-refractivity contribution >= 4 is 6.03 Å². The van der Waals surface area contributed by atoms with Gasteiger partial charge in [0.2, 0.25) is 5.89 Å². The first kappa shape index (κ1) is 18.3. The van der Waals surface area contributed by atoms with Crippen LogP contribution in [-0.2, 0) is 17.9 Å². The molecule has 1 fully saturated rings. The van der Waals surface area contributed by atoms with Gasteiger partial charge in [-0.25, -0.2) is 4.79 Å². The minimum absolute atomic E-state index is 0.0208. The summed E-state index contributed by atoms with van der Waals surface area (Å²) in [7, 11) is 0. The first-order valence-electron chi connectivity index (χ1n) is 8.98. The molecule has 1 aliphatic rings. The van der Waals surface area contributed by atoms with Crippen molar-refractivity contribution in [1.29, 1.82) is 0 Å². The summed E-state index contributed by atoms with van der Waals surface area (Å²) >= 11 is 0. The minimum Gasteiger partial charge on any atom is -0.370 e. The second-order valence-electron chi connectivity index (χ2n) is 6.70. The van der Waals surface area contributed by atoms with E-state index < -0.39 is 0 Å². The highest BCUT2D eigenvalue weighted by atomic mass is 16.5. The van der Waals surface area contributed by atoms with Crippen LogP contribution in [0.4, 0.5) is 4.79 Å². The summed E-state index contributed by atoms with van der Waals surface area (Å²) in [5.41, 5.74) is 0.895. The van der Waals surface area contributed by atoms with Crippen LogP contribution in [0, 0.1) is 0 Å². The Kier molecular flexibility index (Phi) is 6.17. The number of carbonyl (C=O) groups excluding carboxylic acids is 1. The van der Waals surface area contributed by atoms with Crippen LogP contribution < -0.4 is 5.32 Å². The molecule has 3 rings (SSSR count). The van der Waals surface area contributed by atoms with Gasteiger partial charge in [0.1, 0.15) is 0 Å². The van der Waals surface area contributed by atoms with Crippen molar-refractivity contribution in [3.05, 3.63) is 41.8 Å². The van der Waals surface area contributed by atoms with Crippen LogP contribution in [-0.4, -0.2) is 45.2 Å². The molecule has 3 heterocycles. The zero-order valence-electron chi connectivity index (χ0n) is 15.2. The fourth-order valence-corrected chi connectivity index (χ4v) is 2.78. The van der Waals surface area contributed by atoms with Gasteiger partial charge >= 0.3 is 6.03 Å². The van der Waals surface area contributed by atoms with Gasteiger partial charge in [-0.3, -0.25) is 4.98 Å². The summed E-state index contributed by atoms with van der Waals surface area (Å²) < 4.78 is 11.1. The van der Waals surface area contributed by atoms with Gasteiger partial charge in [0.05, 0.1) is 24.9 Å². The summed E-state index contributed by atoms with van der Waals surface area (Å²) in [6, 6.07) is 5.61. The summed E-state index contributed by atoms with van der Waals surface area (Å²) in [6.07, 6.45) is 3.63. The number of nitrogens with zero attached hydrogens (tertiary/aromatic N) is 4. The smallest absolute Gasteiger partial charge is 0.317 e. The largest absolute Gasteiger partial charge is 0.370 e. The first-order valence-corrected chi connectivity index (χ1v) is 8.98. The molecule has 0 aromatic carbocycles. The van der Waals surface area contributed by atoms with Gasteiger partial charge in [-0.05, 0) is 25.0 Å². The number of pyridine rings is 1. The van der Waals surface area contributed by atoms with E-state index in [-0.39, 0.29) is 24.6 Å². The van der Waals surface area contributed by atoms with E-state index >= 15 is 0 Å². The van der Waals surface area contributed by atoms with Gasteiger partial charge < -0.3 is 19.5 Å². The third-order valence-corrected chi connectivity index (χ3v) is 4.25. The van der Waals surface area contributed by atoms with Gasteiger partial charge in [0, 0.05) is 25.2 Å². The molecule has 8 nitrogen and oxygen atoms in total. The maximum absolute atomic E-state index is 12.4. The highest BCUT2D eigenvalue weighted by molar-refractivity contribution is 5.74. The number of hydrogen-bond acceptors (Lipinski definition) is 6. The lowest BCUT2D eigenvalue weighted by Crippen LogP contribution is -2.47. The highest BCUT2D eigenvalue weighted by Crippen LogP contribution is 2.15. The van der Waals surface area contributed by atoms with Crippen LogP contribution in [0.1, 0.15) is 50.0 Å². The van der Waals surface area contributed by atoms with Crippen molar-refractivity contribution in [1.82, 2.24) is 25.3 Å². The van der Waals surface area contributed by atoms with Crippen molar-refractivity contribution in [3.63, 3.8) is 0 Å². The number of carbonyl (C=O) groups is 1. The van der Waals surface area contributed by atoms with E-state index in [1.165, 1.54) is 0 Å². The number of ether oxygens (including phenoxy) is 1. The predicted molar refractivity (Wildman–Crippen MR) is 94.2 cm³/mol. The Morgan fingerprint density at radius 2 is 2.35 bits per heavy atom. The van der Waals surface area contributed by atoms with Crippen molar-refractivity contribution in [3.8, 4) is 0 Å². The number of aromatic nitrogens is 3. The Balaban J connectivity index is 1.44. The molecule has 2 aromatic rings. The monoisotopic (exact) mass is 359 g/mol. The molecule has 8 heteroatoms. The molecule has 0 aliphatic carbocycles. The molecule has 1 atom stereocenters. The molecular weight excluding hydrogens is 334 g/mol. The van der Waals surface area contributed by atoms with Crippen LogP contribution in [0.2, 0.25) is 0 Å². The minimum atomic E-state index is -0.138. The normalized spacial score (nSPS) is 17.5. The molecule has 2 aromatic heterocycles. The molecule has 0 spiro atoms. The topological polar surface area (TPSA) is 93.4 Å². The SMILES string of the molecule is CC(C)c1noc(CNC(=O)N2CCCC(OCc3ccccn3)C2)n1. The lowest BCUT2D eigenvalue weighted by Gasteiger charge is -2.32. The molecule has 0 saturated carbocycles. The lowest BCUT2D eigenvalue weighted by atomic mass is 10.1. The summed E-state index contributed by atoms with van der Waals surface area (Å²) in [6.45, 7) is 5.96. The van der Waals surface area contributed by atoms with Gasteiger partial charge in [-0.1, -0.05) is 25.1 Å². The van der Waals surface area contributed by atoms with Crippen LogP contribution in [0.15, 0.2) is 28.9 Å². The number of hydrogen-bond donors (Lipinski definition) is 1. The molecule has 140 valence electrons. The molecule has 1 unspecified atom stereocenters. The molecular formula is C18H25N5O3. The highest BCUT2D eigenvalue weighted by Gasteiger charge is 2.24. The van der Waals surface area contributed by atoms with E-state index in [0.29, 0.717) is 24.9 Å². The lowest BCUT2D eigenvalue weighted by molar-refractivity contribution is -0.00173. The van der Waals surface area contributed by atoms with E-state index in [1.807, 2.05) is 32.0 Å². The third-order valence-electron chi connectivity index (χ3n) is 4.25. The van der Waals surface area contributed by atoms with E-state index in [1.54, 1.807) is 11.1 Å². The Morgan fingerprint density at radius 3 is 3.08 bits per heavy atom. The maximum atomic E-state index is 12.4. The van der Waals surface area contributed by atoms with Gasteiger partial charge in [-0.15, -0.1) is 0 Å². The summed E-state index contributed by atoms with van der Waals surface area (Å²) in [4.78, 5) is 22.7. The fourth-order valence-electron chi connectivity index (χ4n) is 2.78. The third kappa shape index (κ3) is 5.01. The van der Waals surface area contributed by atoms with E-state index in [9.17, 15) is 4.79 Å². The Bertz CT molecular complexity index is 704. The van der Waals surface area contributed by atoms with Gasteiger partial charge in [0.15, 0.2) is 5.82 Å². The van der Waals surface area contributed by atoms with Crippen LogP contribution in [0.25, 0.3) is 0 Å². The molecule has 1 aliphatic heterocycles. The number of nitrogens with one attached hydrogen (secondary N) is 1. The van der Waals surface area contributed by atoms with Gasteiger partial charge in [-0.2, -0.15) is 4.98 Å². The average molecular weight is 359 g/mol. The molecule has 26 heavy (non-hydrogen) atoms. The van der Waals surface area contributed by atoms with Gasteiger partial charge in [0.25, 0.3) is 0 Å². The molecule has 0 radical (unpaired) electrons. The van der Waals surface area contributed by atoms with Crippen molar-refractivity contribution in [2.45, 2.75) is 51.9 Å². The second kappa shape index (κ2) is 8.75. The molecule has 0 bridgehead atoms. The van der Waals surface area contributed by atoms with Crippen LogP contribution >= 0.6 is 0 Å². The van der Waals surface area contributed by atoms with E-state index in [0.717, 1.165) is 25.1 Å². The first-order chi connectivity index (χ1) is 12.6. The predicted octanol–water partition coefficient (Wildman–Crippen LogP) is 2.48. The van der Waals surface area contributed by atoms with E-state index in [4.69, 9.17) is 9.26 Å². The number of urea groups is 1. The number of piperidine rings is 1. The van der Waals surface area contributed by atoms with Crippen LogP contribution in [0.3, 0.4) is 0 Å². The Morgan fingerprint density at radius 1 is 1.46 bits per heavy atom. The standard InChI is InChI=1S/C18H25N5O3/c1-13(2)17-21-16(26-22-17)10-20-18(24)23-9-5-7-15(11-23)25-12-14-6-3-4-8-19-14/h3-4,6,8,13,15H,5,7,9-12H2,1-2H3,(H,20,24). The summed E-state index contributed by atoms with van der Waals surface area (Å²) in [5.74, 6) is 1.26. The number of rotatable bonds is 6. The zero-order chi connectivity index (χ0) is 18.4. The molecule has 1 saturated heterocycles. The molecule has 2 amide bonds. The Hall–Kier alpha value is -2.48. The van der Waals surface area contributed by atoms with Crippen molar-refractivity contribution in [2.75, 3.05) is 13.1 Å². The van der Waals surface area contributed by atoms with E-state index in [2.05, 4.69) is 20.4 Å². The average Bonchev–Trinajstić information content (AvgIpc) is 3.15. The second-order valence-corrected chi connectivity index (χ2v) is 6.70. The van der Waals surface area contributed by atoms with Crippen LogP contribution in [0.5, 0.6) is 0 Å². The van der Waals surface area contributed by atoms with Crippen molar-refractivity contribution in [2.24, 2.45) is 0 Å². The maximum Gasteiger partial charge on any atom is 0.317 e. The quantitative estimate of drug-likeness (QED) is 0.852. The molecule has 1 N–H and O–H groups in total.